The number of carbonyl (C=O) groups is 2. The highest BCUT2D eigenvalue weighted by Gasteiger charge is 2.21. The largest absolute Gasteiger partial charge is 0.494 e. The minimum Gasteiger partial charge on any atom is -0.494 e. The summed E-state index contributed by atoms with van der Waals surface area (Å²) < 4.78 is 0. The van der Waals surface area contributed by atoms with Gasteiger partial charge in [-0.2, -0.15) is 0 Å². The van der Waals surface area contributed by atoms with Gasteiger partial charge in [0.1, 0.15) is 0 Å². The van der Waals surface area contributed by atoms with E-state index in [1.54, 1.807) is 18.0 Å². The van der Waals surface area contributed by atoms with Crippen LogP contribution in [0.4, 0.5) is 17.1 Å². The van der Waals surface area contributed by atoms with Crippen LogP contribution in [0.1, 0.15) is 18.1 Å². The lowest BCUT2D eigenvalue weighted by Crippen LogP contribution is -2.48. The first-order valence-corrected chi connectivity index (χ1v) is 13.3. The summed E-state index contributed by atoms with van der Waals surface area (Å²) in [6.45, 7) is 5.56. The molecule has 206 valence electrons. The number of anilines is 2. The molecule has 1 fully saturated rings. The molecule has 9 nitrogen and oxygen atoms in total. The standard InChI is InChI=1S/C31H34N6O3/c1-21(38)32-24-11-14-27-26(19-24)29(31(40)34-27)30(22-7-5-4-6-8-22)33-23-9-12-25(13-10-23)36(3)28(39)20-37-17-15-35(2)16-18-37/h4-14,19,34,40H,15-18,20H2,1-3H3,(H,32,38). The Labute approximate surface area is 233 Å². The van der Waals surface area contributed by atoms with Crippen molar-refractivity contribution in [3.8, 4) is 5.88 Å². The Morgan fingerprint density at radius 2 is 1.70 bits per heavy atom. The minimum atomic E-state index is -0.176. The molecule has 9 heteroatoms. The van der Waals surface area contributed by atoms with Gasteiger partial charge < -0.3 is 25.2 Å². The number of aliphatic imine (C=N–C) groups is 1. The SMILES string of the molecule is CC(=O)Nc1ccc2[nH]c(O)c(C(=Nc3ccc(N(C)C(=O)CN4CCN(C)CC4)cc3)c3ccccc3)c2c1. The normalized spacial score (nSPS) is 14.8. The van der Waals surface area contributed by atoms with E-state index in [9.17, 15) is 14.7 Å². The predicted molar refractivity (Wildman–Crippen MR) is 160 cm³/mol. The lowest BCUT2D eigenvalue weighted by molar-refractivity contribution is -0.119. The van der Waals surface area contributed by atoms with Crippen molar-refractivity contribution in [2.24, 2.45) is 4.99 Å². The fourth-order valence-corrected chi connectivity index (χ4v) is 4.89. The molecular weight excluding hydrogens is 504 g/mol. The number of rotatable bonds is 7. The number of aromatic nitrogens is 1. The molecule has 0 atom stereocenters. The zero-order valence-corrected chi connectivity index (χ0v) is 23.0. The number of nitrogens with zero attached hydrogens (tertiary/aromatic N) is 4. The predicted octanol–water partition coefficient (Wildman–Crippen LogP) is 4.21. The van der Waals surface area contributed by atoms with Gasteiger partial charge >= 0.3 is 0 Å². The van der Waals surface area contributed by atoms with E-state index in [2.05, 4.69) is 27.1 Å². The number of carbonyl (C=O) groups excluding carboxylic acids is 2. The van der Waals surface area contributed by atoms with Crippen molar-refractivity contribution in [2.45, 2.75) is 6.92 Å². The summed E-state index contributed by atoms with van der Waals surface area (Å²) in [6.07, 6.45) is 0. The van der Waals surface area contributed by atoms with Crippen LogP contribution in [-0.2, 0) is 9.59 Å². The highest BCUT2D eigenvalue weighted by atomic mass is 16.3. The van der Waals surface area contributed by atoms with Crippen LogP contribution in [0.15, 0.2) is 77.8 Å². The lowest BCUT2D eigenvalue weighted by Gasteiger charge is -2.32. The van der Waals surface area contributed by atoms with Crippen LogP contribution in [-0.4, -0.2) is 84.2 Å². The topological polar surface area (TPSA) is 104 Å². The summed E-state index contributed by atoms with van der Waals surface area (Å²) in [6, 6.07) is 22.6. The molecule has 1 aliphatic rings. The number of aromatic amines is 1. The Balaban J connectivity index is 1.45. The van der Waals surface area contributed by atoms with Gasteiger partial charge in [-0.15, -0.1) is 0 Å². The maximum Gasteiger partial charge on any atom is 0.240 e. The molecule has 1 aliphatic heterocycles. The van der Waals surface area contributed by atoms with E-state index in [0.717, 1.165) is 48.3 Å². The number of nitrogens with one attached hydrogen (secondary N) is 2. The van der Waals surface area contributed by atoms with E-state index in [0.29, 0.717) is 29.2 Å². The molecule has 0 aliphatic carbocycles. The van der Waals surface area contributed by atoms with E-state index in [4.69, 9.17) is 4.99 Å². The second-order valence-electron chi connectivity index (χ2n) is 10.2. The summed E-state index contributed by atoms with van der Waals surface area (Å²) in [5.41, 5.74) is 4.76. The van der Waals surface area contributed by atoms with Crippen LogP contribution in [0.2, 0.25) is 0 Å². The van der Waals surface area contributed by atoms with Gasteiger partial charge in [0.15, 0.2) is 5.88 Å². The number of benzene rings is 3. The summed E-state index contributed by atoms with van der Waals surface area (Å²) in [5, 5.41) is 14.5. The third-order valence-electron chi connectivity index (χ3n) is 7.19. The summed E-state index contributed by atoms with van der Waals surface area (Å²) in [4.78, 5) is 38.7. The van der Waals surface area contributed by atoms with Gasteiger partial charge in [0.25, 0.3) is 0 Å². The number of aromatic hydroxyl groups is 1. The number of likely N-dealkylation sites (N-methyl/N-ethyl adjacent to an activating group) is 2. The molecule has 5 rings (SSSR count). The molecule has 0 saturated carbocycles. The molecule has 0 radical (unpaired) electrons. The number of fused-ring (bicyclic) bond motifs is 1. The van der Waals surface area contributed by atoms with Crippen molar-refractivity contribution < 1.29 is 14.7 Å². The first-order valence-electron chi connectivity index (χ1n) is 13.3. The van der Waals surface area contributed by atoms with Crippen LogP contribution in [0.3, 0.4) is 0 Å². The average Bonchev–Trinajstić information content (AvgIpc) is 3.27. The molecule has 0 bridgehead atoms. The zero-order chi connectivity index (χ0) is 28.2. The Hall–Kier alpha value is -4.47. The van der Waals surface area contributed by atoms with Crippen LogP contribution in [0, 0.1) is 0 Å². The second-order valence-corrected chi connectivity index (χ2v) is 10.2. The summed E-state index contributed by atoms with van der Waals surface area (Å²) in [7, 11) is 3.89. The van der Waals surface area contributed by atoms with E-state index in [-0.39, 0.29) is 17.7 Å². The number of hydrogen-bond acceptors (Lipinski definition) is 6. The molecule has 3 N–H and O–H groups in total. The van der Waals surface area contributed by atoms with E-state index in [1.165, 1.54) is 6.92 Å². The van der Waals surface area contributed by atoms with Gasteiger partial charge in [-0.1, -0.05) is 30.3 Å². The Bertz CT molecular complexity index is 1540. The van der Waals surface area contributed by atoms with Crippen LogP contribution in [0.5, 0.6) is 5.88 Å². The lowest BCUT2D eigenvalue weighted by atomic mass is 10.0. The molecule has 40 heavy (non-hydrogen) atoms. The van der Waals surface area contributed by atoms with Gasteiger partial charge in [-0.05, 0) is 49.5 Å². The molecular formula is C31H34N6O3. The van der Waals surface area contributed by atoms with Gasteiger partial charge in [-0.3, -0.25) is 14.5 Å². The summed E-state index contributed by atoms with van der Waals surface area (Å²) >= 11 is 0. The maximum absolute atomic E-state index is 12.9. The smallest absolute Gasteiger partial charge is 0.240 e. The molecule has 3 aromatic carbocycles. The zero-order valence-electron chi connectivity index (χ0n) is 23.0. The van der Waals surface area contributed by atoms with Gasteiger partial charge in [0.05, 0.1) is 23.5 Å². The Morgan fingerprint density at radius 3 is 2.38 bits per heavy atom. The first kappa shape index (κ1) is 27.1. The average molecular weight is 539 g/mol. The van der Waals surface area contributed by atoms with Crippen LogP contribution < -0.4 is 10.2 Å². The third kappa shape index (κ3) is 6.06. The molecule has 2 amide bonds. The van der Waals surface area contributed by atoms with Gasteiger partial charge in [0, 0.05) is 68.0 Å². The molecule has 0 spiro atoms. The molecule has 0 unspecified atom stereocenters. The van der Waals surface area contributed by atoms with Crippen molar-refractivity contribution in [1.82, 2.24) is 14.8 Å². The molecule has 2 heterocycles. The maximum atomic E-state index is 12.9. The van der Waals surface area contributed by atoms with E-state index < -0.39 is 0 Å². The monoisotopic (exact) mass is 538 g/mol. The minimum absolute atomic E-state index is 0.0107. The van der Waals surface area contributed by atoms with Crippen molar-refractivity contribution in [3.63, 3.8) is 0 Å². The van der Waals surface area contributed by atoms with E-state index >= 15 is 0 Å². The van der Waals surface area contributed by atoms with Crippen molar-refractivity contribution in [1.29, 1.82) is 0 Å². The van der Waals surface area contributed by atoms with Crippen molar-refractivity contribution in [2.75, 3.05) is 57.0 Å². The van der Waals surface area contributed by atoms with Crippen molar-refractivity contribution in [3.05, 3.63) is 83.9 Å². The second kappa shape index (κ2) is 11.7. The molecule has 1 aromatic heterocycles. The van der Waals surface area contributed by atoms with Gasteiger partial charge in [-0.25, -0.2) is 4.99 Å². The number of H-pyrrole nitrogens is 1. The quantitative estimate of drug-likeness (QED) is 0.306. The van der Waals surface area contributed by atoms with Crippen LogP contribution >= 0.6 is 0 Å². The number of piperazine rings is 1. The Morgan fingerprint density at radius 1 is 1.00 bits per heavy atom. The Kier molecular flexibility index (Phi) is 7.95. The first-order chi connectivity index (χ1) is 19.3. The number of amides is 2. The fourth-order valence-electron chi connectivity index (χ4n) is 4.89. The van der Waals surface area contributed by atoms with Crippen molar-refractivity contribution >= 4 is 45.5 Å². The fraction of sp³-hybridized carbons (Fsp3) is 0.258. The highest BCUT2D eigenvalue weighted by Crippen LogP contribution is 2.33. The third-order valence-corrected chi connectivity index (χ3v) is 7.19. The van der Waals surface area contributed by atoms with Gasteiger partial charge in [0.2, 0.25) is 11.8 Å². The molecule has 4 aromatic rings. The number of hydrogen-bond donors (Lipinski definition) is 3. The van der Waals surface area contributed by atoms with E-state index in [1.807, 2.05) is 66.7 Å². The van der Waals surface area contributed by atoms with Crippen LogP contribution in [0.25, 0.3) is 10.9 Å². The molecule has 1 saturated heterocycles. The highest BCUT2D eigenvalue weighted by molar-refractivity contribution is 6.22. The summed E-state index contributed by atoms with van der Waals surface area (Å²) in [5.74, 6) is -0.141.